The zero-order chi connectivity index (χ0) is 28.5. The van der Waals surface area contributed by atoms with Crippen LogP contribution >= 0.6 is 11.3 Å². The van der Waals surface area contributed by atoms with E-state index in [2.05, 4.69) is 9.97 Å². The van der Waals surface area contributed by atoms with Gasteiger partial charge in [-0.3, -0.25) is 4.98 Å². The number of rotatable bonds is 8. The molecular formula is C28H22F3N3O4S2. The minimum absolute atomic E-state index is 0.000668. The minimum Gasteiger partial charge on any atom is -0.497 e. The normalized spacial score (nSPS) is 11.9. The predicted molar refractivity (Wildman–Crippen MR) is 147 cm³/mol. The van der Waals surface area contributed by atoms with E-state index in [0.717, 1.165) is 17.7 Å². The van der Waals surface area contributed by atoms with Crippen LogP contribution in [0.5, 0.6) is 11.5 Å². The lowest BCUT2D eigenvalue weighted by molar-refractivity contribution is -0.137. The lowest BCUT2D eigenvalue weighted by atomic mass is 10.0. The van der Waals surface area contributed by atoms with Crippen molar-refractivity contribution in [1.29, 1.82) is 0 Å². The molecule has 0 saturated carbocycles. The third-order valence-electron chi connectivity index (χ3n) is 6.27. The van der Waals surface area contributed by atoms with E-state index in [-0.39, 0.29) is 23.0 Å². The van der Waals surface area contributed by atoms with Crippen molar-refractivity contribution in [3.05, 3.63) is 94.9 Å². The number of sulfonamides is 1. The summed E-state index contributed by atoms with van der Waals surface area (Å²) in [7, 11) is -1.23. The molecule has 0 unspecified atom stereocenters. The lowest BCUT2D eigenvalue weighted by Crippen LogP contribution is -2.30. The number of pyridine rings is 1. The molecule has 0 bridgehead atoms. The molecule has 12 heteroatoms. The van der Waals surface area contributed by atoms with Crippen LogP contribution < -0.4 is 13.8 Å². The van der Waals surface area contributed by atoms with Crippen LogP contribution in [-0.2, 0) is 22.7 Å². The molecule has 0 saturated heterocycles. The molecule has 7 nitrogen and oxygen atoms in total. The molecule has 0 aliphatic heterocycles. The lowest BCUT2D eigenvalue weighted by Gasteiger charge is -2.23. The maximum absolute atomic E-state index is 13.9. The fourth-order valence-corrected chi connectivity index (χ4v) is 6.28. The molecule has 0 spiro atoms. The van der Waals surface area contributed by atoms with Gasteiger partial charge in [-0.1, -0.05) is 18.2 Å². The number of benzene rings is 3. The van der Waals surface area contributed by atoms with Gasteiger partial charge in [0.15, 0.2) is 5.82 Å². The summed E-state index contributed by atoms with van der Waals surface area (Å²) in [5, 5.41) is 2.74. The molecule has 0 aliphatic rings. The summed E-state index contributed by atoms with van der Waals surface area (Å²) >= 11 is 1.28. The Kier molecular flexibility index (Phi) is 7.39. The monoisotopic (exact) mass is 585 g/mol. The Morgan fingerprint density at radius 1 is 0.925 bits per heavy atom. The topological polar surface area (TPSA) is 81.6 Å². The number of aromatic nitrogens is 2. The summed E-state index contributed by atoms with van der Waals surface area (Å²) < 4.78 is 79.2. The fraction of sp³-hybridized carbons (Fsp3) is 0.143. The first-order valence-electron chi connectivity index (χ1n) is 11.8. The van der Waals surface area contributed by atoms with Crippen LogP contribution in [0.15, 0.2) is 88.7 Å². The Bertz CT molecular complexity index is 1760. The maximum Gasteiger partial charge on any atom is 0.416 e. The largest absolute Gasteiger partial charge is 0.497 e. The number of hydrogen-bond acceptors (Lipinski definition) is 7. The maximum atomic E-state index is 13.9. The Morgan fingerprint density at radius 3 is 2.35 bits per heavy atom. The zero-order valence-corrected chi connectivity index (χ0v) is 22.8. The Labute approximate surface area is 232 Å². The van der Waals surface area contributed by atoms with Gasteiger partial charge in [-0.05, 0) is 59.5 Å². The Hall–Kier alpha value is -4.16. The molecule has 5 aromatic rings. The van der Waals surface area contributed by atoms with Crippen LogP contribution in [0.25, 0.3) is 22.0 Å². The van der Waals surface area contributed by atoms with Crippen LogP contribution in [-0.4, -0.2) is 32.6 Å². The molecule has 0 N–H and O–H groups in total. The molecule has 40 heavy (non-hydrogen) atoms. The van der Waals surface area contributed by atoms with E-state index in [9.17, 15) is 21.6 Å². The van der Waals surface area contributed by atoms with E-state index < -0.39 is 21.8 Å². The van der Waals surface area contributed by atoms with Gasteiger partial charge in [-0.15, -0.1) is 11.3 Å². The minimum atomic E-state index is -4.53. The number of fused-ring (bicyclic) bond motifs is 1. The molecular weight excluding hydrogens is 563 g/mol. The van der Waals surface area contributed by atoms with Gasteiger partial charge in [-0.25, -0.2) is 17.7 Å². The van der Waals surface area contributed by atoms with Crippen LogP contribution in [0.3, 0.4) is 0 Å². The van der Waals surface area contributed by atoms with Gasteiger partial charge in [0.2, 0.25) is 0 Å². The van der Waals surface area contributed by atoms with Crippen LogP contribution in [0.1, 0.15) is 11.1 Å². The second kappa shape index (κ2) is 10.8. The average Bonchev–Trinajstić information content (AvgIpc) is 3.49. The van der Waals surface area contributed by atoms with Gasteiger partial charge < -0.3 is 9.47 Å². The van der Waals surface area contributed by atoms with Crippen molar-refractivity contribution in [2.75, 3.05) is 18.5 Å². The first kappa shape index (κ1) is 27.4. The number of alkyl halides is 3. The number of methoxy groups -OCH3 is 2. The third kappa shape index (κ3) is 5.32. The Balaban J connectivity index is 1.56. The van der Waals surface area contributed by atoms with E-state index in [1.165, 1.54) is 47.1 Å². The van der Waals surface area contributed by atoms with Crippen LogP contribution in [0, 0.1) is 0 Å². The molecule has 0 fully saturated rings. The van der Waals surface area contributed by atoms with Gasteiger partial charge >= 0.3 is 6.18 Å². The molecule has 0 radical (unpaired) electrons. The van der Waals surface area contributed by atoms with Gasteiger partial charge in [-0.2, -0.15) is 13.2 Å². The van der Waals surface area contributed by atoms with Crippen molar-refractivity contribution in [2.45, 2.75) is 17.6 Å². The third-order valence-corrected chi connectivity index (χ3v) is 8.59. The van der Waals surface area contributed by atoms with Crippen molar-refractivity contribution in [1.82, 2.24) is 9.97 Å². The smallest absolute Gasteiger partial charge is 0.416 e. The highest BCUT2D eigenvalue weighted by molar-refractivity contribution is 7.92. The van der Waals surface area contributed by atoms with Crippen LogP contribution in [0.2, 0.25) is 0 Å². The predicted octanol–water partition coefficient (Wildman–Crippen LogP) is 6.79. The van der Waals surface area contributed by atoms with Crippen molar-refractivity contribution < 1.29 is 31.1 Å². The molecule has 2 aromatic heterocycles. The SMILES string of the molecule is COc1ccc(CN(c2cscn2)S(=O)(=O)c2ccc3c(-c4ccc(C(F)(F)F)cc4OC)nccc3c2)cc1. The summed E-state index contributed by atoms with van der Waals surface area (Å²) in [5.74, 6) is 0.932. The van der Waals surface area contributed by atoms with Gasteiger partial charge in [0.25, 0.3) is 10.0 Å². The fourth-order valence-electron chi connectivity index (χ4n) is 4.24. The van der Waals surface area contributed by atoms with Gasteiger partial charge in [0.1, 0.15) is 11.5 Å². The second-order valence-corrected chi connectivity index (χ2v) is 11.2. The summed E-state index contributed by atoms with van der Waals surface area (Å²) in [5.41, 5.74) is 2.16. The van der Waals surface area contributed by atoms with Crippen LogP contribution in [0.4, 0.5) is 19.0 Å². The summed E-state index contributed by atoms with van der Waals surface area (Å²) in [6.07, 6.45) is -3.06. The van der Waals surface area contributed by atoms with E-state index in [4.69, 9.17) is 9.47 Å². The summed E-state index contributed by atoms with van der Waals surface area (Å²) in [6.45, 7) is 0.0401. The molecule has 206 valence electrons. The number of anilines is 1. The first-order chi connectivity index (χ1) is 19.1. The van der Waals surface area contributed by atoms with Crippen molar-refractivity contribution in [2.24, 2.45) is 0 Å². The van der Waals surface area contributed by atoms with Gasteiger partial charge in [0.05, 0.1) is 42.4 Å². The zero-order valence-electron chi connectivity index (χ0n) is 21.2. The van der Waals surface area contributed by atoms with E-state index in [1.807, 2.05) is 0 Å². The first-order valence-corrected chi connectivity index (χ1v) is 14.2. The highest BCUT2D eigenvalue weighted by Crippen LogP contribution is 2.39. The number of hydrogen-bond donors (Lipinski definition) is 0. The number of nitrogens with zero attached hydrogens (tertiary/aromatic N) is 3. The number of ether oxygens (including phenoxy) is 2. The summed E-state index contributed by atoms with van der Waals surface area (Å²) in [4.78, 5) is 8.64. The number of halogens is 3. The van der Waals surface area contributed by atoms with Gasteiger partial charge in [0, 0.05) is 22.5 Å². The molecule has 3 aromatic carbocycles. The molecule has 0 amide bonds. The molecule has 0 aliphatic carbocycles. The van der Waals surface area contributed by atoms with Crippen molar-refractivity contribution >= 4 is 38.0 Å². The quantitative estimate of drug-likeness (QED) is 0.200. The Morgan fingerprint density at radius 2 is 1.70 bits per heavy atom. The van der Waals surface area contributed by atoms with E-state index in [0.29, 0.717) is 27.8 Å². The molecule has 0 atom stereocenters. The number of thiazole rings is 1. The standard InChI is InChI=1S/C28H22F3N3O4S2/c1-37-21-6-3-18(4-7-21)15-34(26-16-39-17-33-26)40(35,36)22-8-10-23-19(13-22)11-12-32-27(23)24-9-5-20(28(29,30)31)14-25(24)38-2/h3-14,16-17H,15H2,1-2H3. The van der Waals surface area contributed by atoms with Crippen molar-refractivity contribution in [3.8, 4) is 22.8 Å². The van der Waals surface area contributed by atoms with E-state index >= 15 is 0 Å². The highest BCUT2D eigenvalue weighted by Gasteiger charge is 2.32. The second-order valence-electron chi connectivity index (χ2n) is 8.66. The summed E-state index contributed by atoms with van der Waals surface area (Å²) in [6, 6.07) is 16.4. The van der Waals surface area contributed by atoms with Crippen molar-refractivity contribution in [3.63, 3.8) is 0 Å². The highest BCUT2D eigenvalue weighted by atomic mass is 32.2. The average molecular weight is 586 g/mol. The molecule has 5 rings (SSSR count). The molecule has 2 heterocycles. The van der Waals surface area contributed by atoms with E-state index in [1.54, 1.807) is 54.4 Å².